The molecule has 0 aliphatic heterocycles. The minimum Gasteiger partial charge on any atom is -0.409 e. The van der Waals surface area contributed by atoms with Gasteiger partial charge >= 0.3 is 0 Å². The van der Waals surface area contributed by atoms with Gasteiger partial charge < -0.3 is 15.8 Å². The van der Waals surface area contributed by atoms with Gasteiger partial charge in [-0.25, -0.2) is 4.39 Å². The molecule has 4 nitrogen and oxygen atoms in total. The second-order valence-electron chi connectivity index (χ2n) is 4.60. The van der Waals surface area contributed by atoms with Crippen LogP contribution in [0.2, 0.25) is 5.02 Å². The third-order valence-electron chi connectivity index (χ3n) is 3.15. The Labute approximate surface area is 127 Å². The van der Waals surface area contributed by atoms with Gasteiger partial charge in [0.25, 0.3) is 0 Å². The summed E-state index contributed by atoms with van der Waals surface area (Å²) in [7, 11) is 1.85. The quantitative estimate of drug-likeness (QED) is 0.394. The van der Waals surface area contributed by atoms with Crippen LogP contribution in [0.1, 0.15) is 11.1 Å². The third kappa shape index (κ3) is 3.44. The fourth-order valence-corrected chi connectivity index (χ4v) is 2.16. The summed E-state index contributed by atoms with van der Waals surface area (Å²) in [6.07, 6.45) is 0. The minimum atomic E-state index is -0.403. The highest BCUT2D eigenvalue weighted by molar-refractivity contribution is 6.30. The van der Waals surface area contributed by atoms with Crippen molar-refractivity contribution in [2.45, 2.75) is 6.54 Å². The molecule has 0 aromatic heterocycles. The van der Waals surface area contributed by atoms with Gasteiger partial charge in [-0.1, -0.05) is 28.9 Å². The highest BCUT2D eigenvalue weighted by Gasteiger charge is 2.09. The highest BCUT2D eigenvalue weighted by Crippen LogP contribution is 2.21. The molecule has 0 spiro atoms. The molecular weight excluding hydrogens is 293 g/mol. The average Bonchev–Trinajstić information content (AvgIpc) is 2.51. The van der Waals surface area contributed by atoms with E-state index in [0.717, 1.165) is 5.69 Å². The summed E-state index contributed by atoms with van der Waals surface area (Å²) < 4.78 is 13.9. The molecular formula is C15H15ClFN3O. The zero-order valence-corrected chi connectivity index (χ0v) is 12.2. The van der Waals surface area contributed by atoms with Crippen LogP contribution in [0.4, 0.5) is 10.1 Å². The molecule has 6 heteroatoms. The summed E-state index contributed by atoms with van der Waals surface area (Å²) in [5, 5.41) is 11.7. The van der Waals surface area contributed by atoms with Crippen LogP contribution in [0.3, 0.4) is 0 Å². The lowest BCUT2D eigenvalue weighted by atomic mass is 10.1. The van der Waals surface area contributed by atoms with Gasteiger partial charge in [-0.15, -0.1) is 0 Å². The average molecular weight is 308 g/mol. The first-order chi connectivity index (χ1) is 10.0. The maximum atomic E-state index is 13.9. The number of anilines is 1. The number of benzene rings is 2. The van der Waals surface area contributed by atoms with Crippen molar-refractivity contribution in [1.82, 2.24) is 0 Å². The Balaban J connectivity index is 2.17. The normalized spacial score (nSPS) is 11.5. The standard InChI is InChI=1S/C15H15ClFN3O/c1-20(9-11-3-2-4-13(16)14(11)17)12-7-5-10(6-8-12)15(18)19-21/h2-8,21H,9H2,1H3,(H2,18,19). The lowest BCUT2D eigenvalue weighted by molar-refractivity contribution is 0.318. The van der Waals surface area contributed by atoms with Crippen LogP contribution in [0.25, 0.3) is 0 Å². The molecule has 0 fully saturated rings. The van der Waals surface area contributed by atoms with Crippen LogP contribution in [0.15, 0.2) is 47.6 Å². The van der Waals surface area contributed by atoms with Gasteiger partial charge in [0.2, 0.25) is 0 Å². The molecule has 0 saturated carbocycles. The van der Waals surface area contributed by atoms with E-state index in [2.05, 4.69) is 5.16 Å². The van der Waals surface area contributed by atoms with Crippen LogP contribution in [0, 0.1) is 5.82 Å². The number of oxime groups is 1. The van der Waals surface area contributed by atoms with Gasteiger partial charge in [-0.2, -0.15) is 0 Å². The number of hydrogen-bond acceptors (Lipinski definition) is 3. The Morgan fingerprint density at radius 1 is 1.29 bits per heavy atom. The number of halogens is 2. The van der Waals surface area contributed by atoms with E-state index in [1.165, 1.54) is 6.07 Å². The van der Waals surface area contributed by atoms with Crippen LogP contribution in [-0.4, -0.2) is 18.1 Å². The van der Waals surface area contributed by atoms with E-state index in [-0.39, 0.29) is 10.9 Å². The summed E-state index contributed by atoms with van der Waals surface area (Å²) in [6.45, 7) is 0.384. The maximum Gasteiger partial charge on any atom is 0.170 e. The number of nitrogens with zero attached hydrogens (tertiary/aromatic N) is 2. The lowest BCUT2D eigenvalue weighted by Gasteiger charge is -2.20. The second-order valence-corrected chi connectivity index (χ2v) is 5.01. The molecule has 2 aromatic carbocycles. The molecule has 0 amide bonds. The van der Waals surface area contributed by atoms with Gasteiger partial charge in [0.1, 0.15) is 5.82 Å². The van der Waals surface area contributed by atoms with Crippen molar-refractivity contribution >= 4 is 23.1 Å². The smallest absolute Gasteiger partial charge is 0.170 e. The van der Waals surface area contributed by atoms with Crippen molar-refractivity contribution in [3.8, 4) is 0 Å². The van der Waals surface area contributed by atoms with Crippen molar-refractivity contribution in [2.75, 3.05) is 11.9 Å². The van der Waals surface area contributed by atoms with E-state index in [1.54, 1.807) is 24.3 Å². The largest absolute Gasteiger partial charge is 0.409 e. The molecule has 110 valence electrons. The van der Waals surface area contributed by atoms with E-state index in [1.807, 2.05) is 24.1 Å². The zero-order chi connectivity index (χ0) is 15.4. The maximum absolute atomic E-state index is 13.9. The summed E-state index contributed by atoms with van der Waals surface area (Å²) >= 11 is 5.77. The van der Waals surface area contributed by atoms with E-state index in [9.17, 15) is 4.39 Å². The van der Waals surface area contributed by atoms with E-state index in [4.69, 9.17) is 22.5 Å². The topological polar surface area (TPSA) is 61.8 Å². The van der Waals surface area contributed by atoms with Gasteiger partial charge in [-0.3, -0.25) is 0 Å². The first kappa shape index (κ1) is 15.1. The van der Waals surface area contributed by atoms with Crippen LogP contribution in [0.5, 0.6) is 0 Å². The van der Waals surface area contributed by atoms with Crippen molar-refractivity contribution in [3.05, 3.63) is 64.4 Å². The minimum absolute atomic E-state index is 0.0464. The SMILES string of the molecule is CN(Cc1cccc(Cl)c1F)c1ccc(/C(N)=N/O)cc1. The van der Waals surface area contributed by atoms with Crippen molar-refractivity contribution in [1.29, 1.82) is 0 Å². The molecule has 0 aliphatic carbocycles. The van der Waals surface area contributed by atoms with Crippen LogP contribution >= 0.6 is 11.6 Å². The first-order valence-electron chi connectivity index (χ1n) is 6.25. The predicted octanol–water partition coefficient (Wildman–Crippen LogP) is 3.21. The number of hydrogen-bond donors (Lipinski definition) is 2. The molecule has 0 atom stereocenters. The Bertz CT molecular complexity index is 658. The monoisotopic (exact) mass is 307 g/mol. The van der Waals surface area contributed by atoms with E-state index in [0.29, 0.717) is 17.7 Å². The molecule has 0 aliphatic rings. The number of rotatable bonds is 4. The van der Waals surface area contributed by atoms with Gasteiger partial charge in [0, 0.05) is 30.4 Å². The van der Waals surface area contributed by atoms with Crippen molar-refractivity contribution in [3.63, 3.8) is 0 Å². The summed E-state index contributed by atoms with van der Waals surface area (Å²) in [6, 6.07) is 12.0. The Morgan fingerprint density at radius 2 is 1.95 bits per heavy atom. The van der Waals surface area contributed by atoms with Crippen LogP contribution < -0.4 is 10.6 Å². The molecule has 0 bridgehead atoms. The number of nitrogens with two attached hydrogens (primary N) is 1. The molecule has 3 N–H and O–H groups in total. The van der Waals surface area contributed by atoms with Gasteiger partial charge in [0.05, 0.1) is 5.02 Å². The molecule has 2 aromatic rings. The van der Waals surface area contributed by atoms with E-state index < -0.39 is 5.82 Å². The zero-order valence-electron chi connectivity index (χ0n) is 11.4. The third-order valence-corrected chi connectivity index (χ3v) is 3.44. The summed E-state index contributed by atoms with van der Waals surface area (Å²) in [4.78, 5) is 1.88. The Kier molecular flexibility index (Phi) is 4.65. The molecule has 21 heavy (non-hydrogen) atoms. The Hall–Kier alpha value is -2.27. The highest BCUT2D eigenvalue weighted by atomic mass is 35.5. The molecule has 0 saturated heterocycles. The molecule has 2 rings (SSSR count). The molecule has 0 radical (unpaired) electrons. The van der Waals surface area contributed by atoms with E-state index >= 15 is 0 Å². The second kappa shape index (κ2) is 6.45. The Morgan fingerprint density at radius 3 is 2.57 bits per heavy atom. The predicted molar refractivity (Wildman–Crippen MR) is 82.5 cm³/mol. The molecule has 0 unspecified atom stereocenters. The summed E-state index contributed by atoms with van der Waals surface area (Å²) in [5.74, 6) is -0.357. The molecule has 0 heterocycles. The van der Waals surface area contributed by atoms with Crippen molar-refractivity contribution in [2.24, 2.45) is 10.9 Å². The lowest BCUT2D eigenvalue weighted by Crippen LogP contribution is -2.18. The fourth-order valence-electron chi connectivity index (χ4n) is 1.96. The fraction of sp³-hybridized carbons (Fsp3) is 0.133. The van der Waals surface area contributed by atoms with Gasteiger partial charge in [0.15, 0.2) is 5.84 Å². The van der Waals surface area contributed by atoms with Gasteiger partial charge in [-0.05, 0) is 30.3 Å². The first-order valence-corrected chi connectivity index (χ1v) is 6.62. The van der Waals surface area contributed by atoms with Crippen molar-refractivity contribution < 1.29 is 9.60 Å². The van der Waals surface area contributed by atoms with Crippen LogP contribution in [-0.2, 0) is 6.54 Å². The number of amidine groups is 1. The summed E-state index contributed by atoms with van der Waals surface area (Å²) in [5.41, 5.74) is 7.51.